The fourth-order valence-corrected chi connectivity index (χ4v) is 3.04. The van der Waals surface area contributed by atoms with Gasteiger partial charge in [-0.15, -0.1) is 0 Å². The van der Waals surface area contributed by atoms with Crippen molar-refractivity contribution in [1.29, 1.82) is 0 Å². The van der Waals surface area contributed by atoms with Gasteiger partial charge in [-0.2, -0.15) is 0 Å². The van der Waals surface area contributed by atoms with E-state index in [-0.39, 0.29) is 0 Å². The van der Waals surface area contributed by atoms with Crippen molar-refractivity contribution in [2.75, 3.05) is 39.3 Å². The van der Waals surface area contributed by atoms with Gasteiger partial charge < -0.3 is 25.3 Å². The predicted molar refractivity (Wildman–Crippen MR) is 128 cm³/mol. The number of carboxylic acid groups (broad SMARTS) is 4. The Kier molecular flexibility index (Phi) is 17.4. The van der Waals surface area contributed by atoms with Crippen molar-refractivity contribution in [2.45, 2.75) is 39.0 Å². The monoisotopic (exact) mass is 480 g/mol. The van der Waals surface area contributed by atoms with Crippen LogP contribution in [0.1, 0.15) is 44.6 Å². The largest absolute Gasteiger partial charge is 0.473 e. The van der Waals surface area contributed by atoms with E-state index < -0.39 is 23.9 Å². The molecule has 10 heteroatoms. The van der Waals surface area contributed by atoms with Crippen LogP contribution in [0, 0.1) is 0 Å². The molecule has 10 nitrogen and oxygen atoms in total. The Morgan fingerprint density at radius 1 is 0.735 bits per heavy atom. The maximum absolute atomic E-state index is 9.10. The van der Waals surface area contributed by atoms with Crippen molar-refractivity contribution in [1.82, 2.24) is 9.80 Å². The summed E-state index contributed by atoms with van der Waals surface area (Å²) < 4.78 is 0. The van der Waals surface area contributed by atoms with E-state index in [1.807, 2.05) is 0 Å². The zero-order chi connectivity index (χ0) is 25.8. The Balaban J connectivity index is 0.000000750. The maximum Gasteiger partial charge on any atom is 0.414 e. The van der Waals surface area contributed by atoms with Crippen LogP contribution in [0.4, 0.5) is 0 Å². The predicted octanol–water partition coefficient (Wildman–Crippen LogP) is 2.60. The van der Waals surface area contributed by atoms with E-state index in [0.29, 0.717) is 0 Å². The van der Waals surface area contributed by atoms with Crippen LogP contribution < -0.4 is 0 Å². The molecule has 190 valence electrons. The van der Waals surface area contributed by atoms with Crippen LogP contribution in [0.2, 0.25) is 0 Å². The van der Waals surface area contributed by atoms with Crippen LogP contribution >= 0.6 is 0 Å². The normalized spacial score (nSPS) is 13.8. The molecule has 0 unspecified atom stereocenters. The van der Waals surface area contributed by atoms with Crippen molar-refractivity contribution in [2.24, 2.45) is 0 Å². The Hall–Kier alpha value is -3.24. The molecule has 1 aromatic rings. The molecule has 0 aliphatic carbocycles. The summed E-state index contributed by atoms with van der Waals surface area (Å²) in [6, 6.07) is 10.6. The summed E-state index contributed by atoms with van der Waals surface area (Å²) in [7, 11) is 0. The number of benzene rings is 1. The Morgan fingerprint density at radius 2 is 1.21 bits per heavy atom. The number of hydrogen-bond donors (Lipinski definition) is 4. The van der Waals surface area contributed by atoms with E-state index in [0.717, 1.165) is 6.54 Å². The lowest BCUT2D eigenvalue weighted by Crippen LogP contribution is -2.46. The lowest BCUT2D eigenvalue weighted by molar-refractivity contribution is -0.159. The van der Waals surface area contributed by atoms with E-state index in [2.05, 4.69) is 59.2 Å². The standard InChI is InChI=1S/C20H32N2.2C2H2O4/c1-2-3-4-5-9-14-21-16-18-22(19-17-21)15-10-13-20-11-7-6-8-12-20;2*3-1(4)2(5)6/h6-8,10-13H,2-5,9,14-19H2,1H3;2*(H,3,4)(H,5,6). The van der Waals surface area contributed by atoms with Crippen molar-refractivity contribution in [3.8, 4) is 0 Å². The molecule has 1 aliphatic rings. The lowest BCUT2D eigenvalue weighted by atomic mass is 10.1. The highest BCUT2D eigenvalue weighted by molar-refractivity contribution is 6.27. The topological polar surface area (TPSA) is 156 Å². The van der Waals surface area contributed by atoms with Crippen molar-refractivity contribution < 1.29 is 39.6 Å². The SMILES string of the molecule is CCCCCCCN1CCN(CC=Cc2ccccc2)CC1.O=C(O)C(=O)O.O=C(O)C(=O)O. The molecular weight excluding hydrogens is 444 g/mol. The molecule has 0 radical (unpaired) electrons. The Bertz CT molecular complexity index is 711. The van der Waals surface area contributed by atoms with E-state index in [4.69, 9.17) is 39.6 Å². The molecular formula is C24H36N2O8. The molecule has 0 saturated carbocycles. The summed E-state index contributed by atoms with van der Waals surface area (Å²) in [6.07, 6.45) is 11.5. The number of unbranched alkanes of at least 4 members (excludes halogenated alkanes) is 4. The molecule has 0 amide bonds. The summed E-state index contributed by atoms with van der Waals surface area (Å²) in [5.74, 6) is -7.30. The van der Waals surface area contributed by atoms with Crippen LogP contribution in [-0.2, 0) is 19.2 Å². The minimum Gasteiger partial charge on any atom is -0.473 e. The minimum absolute atomic E-state index is 1.08. The van der Waals surface area contributed by atoms with Crippen LogP contribution in [0.5, 0.6) is 0 Å². The number of nitrogens with zero attached hydrogens (tertiary/aromatic N) is 2. The van der Waals surface area contributed by atoms with Crippen molar-refractivity contribution in [3.05, 3.63) is 42.0 Å². The van der Waals surface area contributed by atoms with E-state index >= 15 is 0 Å². The molecule has 0 bridgehead atoms. The quantitative estimate of drug-likeness (QED) is 0.306. The second kappa shape index (κ2) is 19.2. The molecule has 4 N–H and O–H groups in total. The molecule has 0 aromatic heterocycles. The average Bonchev–Trinajstić information content (AvgIpc) is 2.81. The van der Waals surface area contributed by atoms with Gasteiger partial charge in [0.2, 0.25) is 0 Å². The first kappa shape index (κ1) is 30.8. The average molecular weight is 481 g/mol. The summed E-state index contributed by atoms with van der Waals surface area (Å²) in [4.78, 5) is 41.6. The van der Waals surface area contributed by atoms with E-state index in [1.54, 1.807) is 0 Å². The first-order chi connectivity index (χ1) is 16.2. The molecule has 0 spiro atoms. The molecule has 1 aromatic carbocycles. The summed E-state index contributed by atoms with van der Waals surface area (Å²) in [5.41, 5.74) is 1.30. The number of rotatable bonds is 9. The van der Waals surface area contributed by atoms with Gasteiger partial charge in [0, 0.05) is 32.7 Å². The lowest BCUT2D eigenvalue weighted by Gasteiger charge is -2.34. The van der Waals surface area contributed by atoms with Gasteiger partial charge in [0.15, 0.2) is 0 Å². The highest BCUT2D eigenvalue weighted by Gasteiger charge is 2.14. The van der Waals surface area contributed by atoms with Crippen molar-refractivity contribution in [3.63, 3.8) is 0 Å². The second-order valence-corrected chi connectivity index (χ2v) is 7.59. The number of hydrogen-bond acceptors (Lipinski definition) is 6. The zero-order valence-electron chi connectivity index (χ0n) is 19.6. The first-order valence-corrected chi connectivity index (χ1v) is 11.3. The third-order valence-electron chi connectivity index (χ3n) is 4.88. The maximum atomic E-state index is 9.10. The molecule has 1 fully saturated rings. The third kappa shape index (κ3) is 17.3. The summed E-state index contributed by atoms with van der Waals surface area (Å²) in [5, 5.41) is 29.6. The van der Waals surface area contributed by atoms with E-state index in [9.17, 15) is 0 Å². The molecule has 34 heavy (non-hydrogen) atoms. The van der Waals surface area contributed by atoms with Crippen LogP contribution in [0.25, 0.3) is 6.08 Å². The van der Waals surface area contributed by atoms with Gasteiger partial charge in [-0.05, 0) is 18.5 Å². The first-order valence-electron chi connectivity index (χ1n) is 11.3. The molecule has 1 heterocycles. The van der Waals surface area contributed by atoms with Gasteiger partial charge in [0.25, 0.3) is 0 Å². The Morgan fingerprint density at radius 3 is 1.68 bits per heavy atom. The number of aliphatic carboxylic acids is 4. The fraction of sp³-hybridized carbons (Fsp3) is 0.500. The van der Waals surface area contributed by atoms with Crippen LogP contribution in [0.15, 0.2) is 36.4 Å². The van der Waals surface area contributed by atoms with Gasteiger partial charge in [-0.25, -0.2) is 19.2 Å². The van der Waals surface area contributed by atoms with Gasteiger partial charge in [0.1, 0.15) is 0 Å². The summed E-state index contributed by atoms with van der Waals surface area (Å²) in [6.45, 7) is 9.59. The van der Waals surface area contributed by atoms with E-state index in [1.165, 1.54) is 70.4 Å². The molecule has 2 rings (SSSR count). The number of carboxylic acids is 4. The van der Waals surface area contributed by atoms with Gasteiger partial charge in [0.05, 0.1) is 0 Å². The van der Waals surface area contributed by atoms with Crippen LogP contribution in [0.3, 0.4) is 0 Å². The second-order valence-electron chi connectivity index (χ2n) is 7.59. The van der Waals surface area contributed by atoms with Gasteiger partial charge in [-0.1, -0.05) is 75.1 Å². The number of piperazine rings is 1. The fourth-order valence-electron chi connectivity index (χ4n) is 3.04. The third-order valence-corrected chi connectivity index (χ3v) is 4.88. The highest BCUT2D eigenvalue weighted by Crippen LogP contribution is 2.07. The molecule has 1 saturated heterocycles. The minimum atomic E-state index is -1.82. The smallest absolute Gasteiger partial charge is 0.414 e. The van der Waals surface area contributed by atoms with Gasteiger partial charge >= 0.3 is 23.9 Å². The number of carbonyl (C=O) groups is 4. The zero-order valence-corrected chi connectivity index (χ0v) is 19.6. The molecule has 0 atom stereocenters. The molecule has 1 aliphatic heterocycles. The summed E-state index contributed by atoms with van der Waals surface area (Å²) >= 11 is 0. The van der Waals surface area contributed by atoms with Crippen LogP contribution in [-0.4, -0.2) is 93.4 Å². The Labute approximate surface area is 200 Å². The highest BCUT2D eigenvalue weighted by atomic mass is 16.4. The van der Waals surface area contributed by atoms with Crippen molar-refractivity contribution >= 4 is 30.0 Å². The van der Waals surface area contributed by atoms with Gasteiger partial charge in [-0.3, -0.25) is 4.90 Å².